The number of carbonyl (C=O) groups excluding carboxylic acids is 3. The molecule has 0 bridgehead atoms. The van der Waals surface area contributed by atoms with E-state index in [9.17, 15) is 24.3 Å². The molecule has 39 heavy (non-hydrogen) atoms. The number of rotatable bonds is 10. The molecule has 2 amide bonds. The van der Waals surface area contributed by atoms with Crippen molar-refractivity contribution in [1.82, 2.24) is 35.3 Å². The summed E-state index contributed by atoms with van der Waals surface area (Å²) in [7, 11) is 0. The molecule has 1 aromatic rings. The molecule has 0 saturated carbocycles. The number of carboxylic acid groups (broad SMARTS) is 1. The number of Topliss-reactive ketones (excluding diaryl/α,β-unsaturated/α-hetero) is 1. The number of morpholine rings is 1. The van der Waals surface area contributed by atoms with Gasteiger partial charge in [-0.2, -0.15) is 0 Å². The monoisotopic (exact) mass is 562 g/mol. The van der Waals surface area contributed by atoms with Crippen molar-refractivity contribution in [2.45, 2.75) is 56.7 Å². The Kier molecular flexibility index (Phi) is 8.03. The lowest BCUT2D eigenvalue weighted by atomic mass is 9.73. The van der Waals surface area contributed by atoms with Crippen LogP contribution in [-0.4, -0.2) is 115 Å². The highest BCUT2D eigenvalue weighted by atomic mass is 32.2. The lowest BCUT2D eigenvalue weighted by Gasteiger charge is -2.47. The smallest absolute Gasteiger partial charge is 0.353 e. The van der Waals surface area contributed by atoms with Gasteiger partial charge in [0.1, 0.15) is 18.6 Å². The number of amides is 2. The van der Waals surface area contributed by atoms with Crippen molar-refractivity contribution in [3.8, 4) is 0 Å². The largest absolute Gasteiger partial charge is 0.477 e. The highest BCUT2D eigenvalue weighted by Crippen LogP contribution is 2.53. The Morgan fingerprint density at radius 2 is 2.15 bits per heavy atom. The van der Waals surface area contributed by atoms with Crippen LogP contribution in [0.5, 0.6) is 0 Å². The Morgan fingerprint density at radius 1 is 1.36 bits per heavy atom. The first-order chi connectivity index (χ1) is 18.7. The van der Waals surface area contributed by atoms with Crippen LogP contribution >= 0.6 is 11.8 Å². The number of carbonyl (C=O) groups is 4. The third-order valence-corrected chi connectivity index (χ3v) is 9.59. The fraction of sp³-hybridized carbons (Fsp3) is 0.708. The number of aliphatic carboxylic acids is 1. The molecule has 14 nitrogen and oxygen atoms in total. The molecule has 0 aromatic carbocycles. The van der Waals surface area contributed by atoms with E-state index in [-0.39, 0.29) is 71.5 Å². The maximum Gasteiger partial charge on any atom is 0.353 e. The van der Waals surface area contributed by atoms with Gasteiger partial charge >= 0.3 is 5.97 Å². The SMILES string of the molecule is C[C@@H](CC(=O)Cn1cnnn1)[C@H]1C(=O)N2C(C(=O)O)=C(S[C@@H]3CN[C@H](C(=O)N4CCO[C@@H](CN)C4)C3)[C@H](C)[C@H]12. The fourth-order valence-electron chi connectivity index (χ4n) is 6.19. The standard InChI is InChI=1S/C24H34N8O6S/c1-12(5-14(33)9-31-11-27-28-29-31)18-19-13(2)21(20(24(36)37)32(19)23(18)35)39-16-6-17(26-8-16)22(34)30-3-4-38-15(7-25)10-30/h11-13,15-19,26H,3-10,25H2,1-2H3,(H,36,37)/t12-,13+,15-,16-,17-,18+,19+/m0/s1. The molecule has 4 aliphatic heterocycles. The average molecular weight is 563 g/mol. The van der Waals surface area contributed by atoms with Gasteiger partial charge in [-0.3, -0.25) is 14.4 Å². The van der Waals surface area contributed by atoms with Crippen LogP contribution in [0.2, 0.25) is 0 Å². The molecule has 7 atom stereocenters. The number of fused-ring (bicyclic) bond motifs is 1. The first-order valence-electron chi connectivity index (χ1n) is 13.2. The van der Waals surface area contributed by atoms with Crippen LogP contribution in [0.15, 0.2) is 16.9 Å². The Labute approximate surface area is 229 Å². The minimum absolute atomic E-state index is 0.00554. The molecule has 4 aliphatic rings. The number of hydrogen-bond acceptors (Lipinski definition) is 11. The van der Waals surface area contributed by atoms with E-state index in [0.29, 0.717) is 44.1 Å². The average Bonchev–Trinajstić information content (AvgIpc) is 3.64. The van der Waals surface area contributed by atoms with Crippen LogP contribution in [-0.2, 0) is 30.5 Å². The van der Waals surface area contributed by atoms with E-state index in [1.165, 1.54) is 27.7 Å². The van der Waals surface area contributed by atoms with Gasteiger partial charge in [-0.05, 0) is 22.8 Å². The number of thioether (sulfide) groups is 1. The Morgan fingerprint density at radius 3 is 2.85 bits per heavy atom. The topological polar surface area (TPSA) is 186 Å². The van der Waals surface area contributed by atoms with Crippen LogP contribution in [0.25, 0.3) is 0 Å². The molecule has 3 saturated heterocycles. The predicted molar refractivity (Wildman–Crippen MR) is 138 cm³/mol. The van der Waals surface area contributed by atoms with E-state index in [4.69, 9.17) is 10.5 Å². The molecule has 3 fully saturated rings. The van der Waals surface area contributed by atoms with Gasteiger partial charge in [0, 0.05) is 48.7 Å². The molecular weight excluding hydrogens is 528 g/mol. The van der Waals surface area contributed by atoms with Gasteiger partial charge in [0.25, 0.3) is 0 Å². The van der Waals surface area contributed by atoms with Gasteiger partial charge in [0.05, 0.1) is 30.7 Å². The number of nitrogens with zero attached hydrogens (tertiary/aromatic N) is 6. The summed E-state index contributed by atoms with van der Waals surface area (Å²) in [6.45, 7) is 6.17. The molecule has 15 heteroatoms. The van der Waals surface area contributed by atoms with Crippen molar-refractivity contribution in [1.29, 1.82) is 0 Å². The number of nitrogens with two attached hydrogens (primary N) is 1. The lowest BCUT2D eigenvalue weighted by molar-refractivity contribution is -0.160. The van der Waals surface area contributed by atoms with Crippen molar-refractivity contribution in [2.75, 3.05) is 32.8 Å². The van der Waals surface area contributed by atoms with Crippen molar-refractivity contribution in [3.63, 3.8) is 0 Å². The van der Waals surface area contributed by atoms with E-state index < -0.39 is 11.9 Å². The molecule has 0 unspecified atom stereocenters. The quantitative estimate of drug-likeness (QED) is 0.286. The summed E-state index contributed by atoms with van der Waals surface area (Å²) in [5, 5.41) is 24.1. The van der Waals surface area contributed by atoms with Gasteiger partial charge in [0.2, 0.25) is 11.8 Å². The zero-order valence-electron chi connectivity index (χ0n) is 21.9. The van der Waals surface area contributed by atoms with E-state index >= 15 is 0 Å². The highest BCUT2D eigenvalue weighted by Gasteiger charge is 2.60. The van der Waals surface area contributed by atoms with Crippen LogP contribution < -0.4 is 11.1 Å². The second-order valence-electron chi connectivity index (χ2n) is 10.7. The maximum atomic E-state index is 13.2. The number of β-lactam (4-membered cyclic amide) rings is 1. The number of ether oxygens (including phenoxy) is 1. The third kappa shape index (κ3) is 5.32. The summed E-state index contributed by atoms with van der Waals surface area (Å²) < 4.78 is 6.90. The van der Waals surface area contributed by atoms with Crippen LogP contribution in [0.1, 0.15) is 26.7 Å². The van der Waals surface area contributed by atoms with Gasteiger partial charge < -0.3 is 30.7 Å². The number of hydrogen-bond donors (Lipinski definition) is 3. The Balaban J connectivity index is 1.22. The second kappa shape index (κ2) is 11.3. The van der Waals surface area contributed by atoms with Gasteiger partial charge in [-0.1, -0.05) is 13.8 Å². The molecule has 5 heterocycles. The maximum absolute atomic E-state index is 13.2. The zero-order chi connectivity index (χ0) is 27.8. The van der Waals surface area contributed by atoms with E-state index in [0.717, 1.165) is 0 Å². The van der Waals surface area contributed by atoms with Crippen molar-refractivity contribution in [3.05, 3.63) is 16.9 Å². The number of ketones is 1. The molecule has 0 radical (unpaired) electrons. The summed E-state index contributed by atoms with van der Waals surface area (Å²) in [4.78, 5) is 55.0. The summed E-state index contributed by atoms with van der Waals surface area (Å²) in [6.07, 6.45) is 1.92. The van der Waals surface area contributed by atoms with E-state index in [2.05, 4.69) is 20.8 Å². The summed E-state index contributed by atoms with van der Waals surface area (Å²) in [6, 6.07) is -0.669. The van der Waals surface area contributed by atoms with Gasteiger partial charge in [0.15, 0.2) is 5.78 Å². The Bertz CT molecular complexity index is 1160. The molecule has 1 aromatic heterocycles. The lowest BCUT2D eigenvalue weighted by Crippen LogP contribution is -2.62. The van der Waals surface area contributed by atoms with Crippen LogP contribution in [0, 0.1) is 17.8 Å². The first-order valence-corrected chi connectivity index (χ1v) is 14.1. The molecule has 5 rings (SSSR count). The van der Waals surface area contributed by atoms with Crippen molar-refractivity contribution >= 4 is 35.3 Å². The molecule has 4 N–H and O–H groups in total. The highest BCUT2D eigenvalue weighted by molar-refractivity contribution is 8.03. The minimum atomic E-state index is -1.14. The number of carboxylic acids is 1. The Hall–Kier alpha value is -2.88. The zero-order valence-corrected chi connectivity index (χ0v) is 22.7. The second-order valence-corrected chi connectivity index (χ2v) is 12.1. The van der Waals surface area contributed by atoms with E-state index in [1.54, 1.807) is 4.90 Å². The summed E-state index contributed by atoms with van der Waals surface area (Å²) in [5.41, 5.74) is 5.74. The minimum Gasteiger partial charge on any atom is -0.477 e. The van der Waals surface area contributed by atoms with Gasteiger partial charge in [-0.25, -0.2) is 9.48 Å². The predicted octanol–water partition coefficient (Wildman–Crippen LogP) is -1.31. The first kappa shape index (κ1) is 27.7. The van der Waals surface area contributed by atoms with Crippen LogP contribution in [0.4, 0.5) is 0 Å². The number of aromatic nitrogens is 4. The van der Waals surface area contributed by atoms with Gasteiger partial charge in [-0.15, -0.1) is 16.9 Å². The fourth-order valence-corrected chi connectivity index (χ4v) is 7.67. The van der Waals surface area contributed by atoms with E-state index in [1.807, 2.05) is 13.8 Å². The van der Waals surface area contributed by atoms with Crippen LogP contribution in [0.3, 0.4) is 0 Å². The van der Waals surface area contributed by atoms with Crippen molar-refractivity contribution < 1.29 is 29.0 Å². The van der Waals surface area contributed by atoms with Crippen molar-refractivity contribution in [2.24, 2.45) is 23.5 Å². The molecule has 0 spiro atoms. The summed E-state index contributed by atoms with van der Waals surface area (Å²) in [5.74, 6) is -2.39. The molecular formula is C24H34N8O6S. The summed E-state index contributed by atoms with van der Waals surface area (Å²) >= 11 is 1.45. The molecule has 212 valence electrons. The normalized spacial score (nSPS) is 31.3. The third-order valence-electron chi connectivity index (χ3n) is 8.08. The molecule has 0 aliphatic carbocycles. The number of nitrogens with one attached hydrogen (secondary N) is 1. The number of tetrazole rings is 1.